The number of carbonyl (C=O) groups excluding carboxylic acids is 1. The van der Waals surface area contributed by atoms with E-state index >= 15 is 0 Å². The topological polar surface area (TPSA) is 68.3 Å². The van der Waals surface area contributed by atoms with Crippen molar-refractivity contribution in [3.8, 4) is 22.8 Å². The molecule has 5 nitrogen and oxygen atoms in total. The van der Waals surface area contributed by atoms with Gasteiger partial charge >= 0.3 is 0 Å². The number of anilines is 1. The Kier molecular flexibility index (Phi) is 5.14. The predicted molar refractivity (Wildman–Crippen MR) is 126 cm³/mol. The molecule has 156 valence electrons. The summed E-state index contributed by atoms with van der Waals surface area (Å²) in [5.74, 6) is 1.68. The maximum absolute atomic E-state index is 12.3. The lowest BCUT2D eigenvalue weighted by atomic mass is 10.2. The average molecular weight is 420 g/mol. The summed E-state index contributed by atoms with van der Waals surface area (Å²) in [5.41, 5.74) is 5.23. The van der Waals surface area contributed by atoms with Crippen LogP contribution in [0.2, 0.25) is 0 Å². The van der Waals surface area contributed by atoms with E-state index in [1.165, 1.54) is 6.08 Å². The standard InChI is InChI=1S/C27H20N2O3/c1-18-7-14-25-23(17-18)29-27(32-25)20-8-10-21(11-9-20)28-26(30)16-13-22-12-15-24(31-22)19-5-3-2-4-6-19/h2-17H,1H3,(H,28,30)/b16-13+. The summed E-state index contributed by atoms with van der Waals surface area (Å²) in [6.45, 7) is 2.02. The van der Waals surface area contributed by atoms with Crippen LogP contribution in [0.1, 0.15) is 11.3 Å². The van der Waals surface area contributed by atoms with Crippen molar-refractivity contribution in [2.45, 2.75) is 6.92 Å². The first kappa shape index (κ1) is 19.6. The number of fused-ring (bicyclic) bond motifs is 1. The van der Waals surface area contributed by atoms with Crippen LogP contribution in [0, 0.1) is 6.92 Å². The molecule has 5 heteroatoms. The van der Waals surface area contributed by atoms with Crippen LogP contribution in [0.25, 0.3) is 40.0 Å². The Morgan fingerprint density at radius 1 is 0.875 bits per heavy atom. The third-order valence-corrected chi connectivity index (χ3v) is 5.03. The van der Waals surface area contributed by atoms with E-state index in [1.807, 2.05) is 91.9 Å². The van der Waals surface area contributed by atoms with Crippen LogP contribution in [0.15, 0.2) is 99.8 Å². The summed E-state index contributed by atoms with van der Waals surface area (Å²) in [5, 5.41) is 2.84. The van der Waals surface area contributed by atoms with Crippen LogP contribution in [0.4, 0.5) is 5.69 Å². The van der Waals surface area contributed by atoms with E-state index in [1.54, 1.807) is 6.08 Å². The number of carbonyl (C=O) groups is 1. The lowest BCUT2D eigenvalue weighted by Crippen LogP contribution is -2.07. The maximum Gasteiger partial charge on any atom is 0.248 e. The Bertz CT molecular complexity index is 1410. The molecule has 2 heterocycles. The highest BCUT2D eigenvalue weighted by molar-refractivity contribution is 6.01. The van der Waals surface area contributed by atoms with E-state index in [0.717, 1.165) is 33.6 Å². The molecule has 0 saturated heterocycles. The zero-order valence-electron chi connectivity index (χ0n) is 17.4. The van der Waals surface area contributed by atoms with Crippen molar-refractivity contribution in [3.05, 3.63) is 102 Å². The first-order valence-corrected chi connectivity index (χ1v) is 10.3. The molecule has 3 aromatic carbocycles. The molecule has 0 aliphatic rings. The lowest BCUT2D eigenvalue weighted by Gasteiger charge is -2.02. The number of nitrogens with zero attached hydrogens (tertiary/aromatic N) is 1. The second-order valence-electron chi connectivity index (χ2n) is 7.46. The number of rotatable bonds is 5. The van der Waals surface area contributed by atoms with Crippen LogP contribution < -0.4 is 5.32 Å². The number of oxazole rings is 1. The second kappa shape index (κ2) is 8.40. The van der Waals surface area contributed by atoms with E-state index in [4.69, 9.17) is 8.83 Å². The molecule has 0 aliphatic heterocycles. The minimum Gasteiger partial charge on any atom is -0.457 e. The smallest absolute Gasteiger partial charge is 0.248 e. The summed E-state index contributed by atoms with van der Waals surface area (Å²) in [4.78, 5) is 16.8. The monoisotopic (exact) mass is 420 g/mol. The predicted octanol–water partition coefficient (Wildman–Crippen LogP) is 6.72. The van der Waals surface area contributed by atoms with Gasteiger partial charge in [0, 0.05) is 22.9 Å². The van der Waals surface area contributed by atoms with Gasteiger partial charge in [0.2, 0.25) is 11.8 Å². The SMILES string of the molecule is Cc1ccc2oc(-c3ccc(NC(=O)/C=C/c4ccc(-c5ccccc5)o4)cc3)nc2c1. The quantitative estimate of drug-likeness (QED) is 0.321. The van der Waals surface area contributed by atoms with E-state index in [-0.39, 0.29) is 5.91 Å². The molecule has 5 rings (SSSR count). The number of hydrogen-bond acceptors (Lipinski definition) is 4. The Labute approximate surface area is 185 Å². The molecule has 1 N–H and O–H groups in total. The van der Waals surface area contributed by atoms with Crippen molar-refractivity contribution in [3.63, 3.8) is 0 Å². The number of benzene rings is 3. The normalized spacial score (nSPS) is 11.3. The van der Waals surface area contributed by atoms with Crippen LogP contribution >= 0.6 is 0 Å². The highest BCUT2D eigenvalue weighted by Gasteiger charge is 2.09. The fourth-order valence-corrected chi connectivity index (χ4v) is 3.40. The van der Waals surface area contributed by atoms with Gasteiger partial charge in [0.1, 0.15) is 17.0 Å². The van der Waals surface area contributed by atoms with E-state index in [2.05, 4.69) is 10.3 Å². The van der Waals surface area contributed by atoms with E-state index in [0.29, 0.717) is 17.3 Å². The summed E-state index contributed by atoms with van der Waals surface area (Å²) in [6.07, 6.45) is 3.10. The highest BCUT2D eigenvalue weighted by atomic mass is 16.3. The van der Waals surface area contributed by atoms with Crippen molar-refractivity contribution in [1.82, 2.24) is 4.98 Å². The molecule has 0 aliphatic carbocycles. The van der Waals surface area contributed by atoms with Gasteiger partial charge in [-0.15, -0.1) is 0 Å². The van der Waals surface area contributed by atoms with Crippen molar-refractivity contribution in [2.24, 2.45) is 0 Å². The van der Waals surface area contributed by atoms with Gasteiger partial charge < -0.3 is 14.2 Å². The molecule has 0 atom stereocenters. The zero-order valence-corrected chi connectivity index (χ0v) is 17.4. The average Bonchev–Trinajstić information content (AvgIpc) is 3.46. The van der Waals surface area contributed by atoms with E-state index in [9.17, 15) is 4.79 Å². The zero-order chi connectivity index (χ0) is 21.9. The lowest BCUT2D eigenvalue weighted by molar-refractivity contribution is -0.111. The first-order valence-electron chi connectivity index (χ1n) is 10.3. The van der Waals surface area contributed by atoms with Crippen LogP contribution in [0.3, 0.4) is 0 Å². The Hall–Kier alpha value is -4.38. The van der Waals surface area contributed by atoms with Crippen molar-refractivity contribution >= 4 is 28.8 Å². The molecule has 5 aromatic rings. The molecule has 0 saturated carbocycles. The maximum atomic E-state index is 12.3. The molecule has 0 fully saturated rings. The molecule has 0 spiro atoms. The van der Waals surface area contributed by atoms with Crippen LogP contribution in [-0.4, -0.2) is 10.9 Å². The highest BCUT2D eigenvalue weighted by Crippen LogP contribution is 2.26. The Balaban J connectivity index is 1.24. The van der Waals surface area contributed by atoms with Gasteiger partial charge in [-0.05, 0) is 67.1 Å². The Morgan fingerprint density at radius 2 is 1.69 bits per heavy atom. The largest absolute Gasteiger partial charge is 0.457 e. The minimum absolute atomic E-state index is 0.243. The first-order chi connectivity index (χ1) is 15.6. The molecular formula is C27H20N2O3. The molecule has 0 radical (unpaired) electrons. The molecule has 32 heavy (non-hydrogen) atoms. The fourth-order valence-electron chi connectivity index (χ4n) is 3.40. The number of nitrogens with one attached hydrogen (secondary N) is 1. The number of hydrogen-bond donors (Lipinski definition) is 1. The van der Waals surface area contributed by atoms with Gasteiger partial charge in [0.15, 0.2) is 5.58 Å². The third-order valence-electron chi connectivity index (χ3n) is 5.03. The minimum atomic E-state index is -0.243. The third kappa shape index (κ3) is 4.23. The number of aryl methyl sites for hydroxylation is 1. The van der Waals surface area contributed by atoms with E-state index < -0.39 is 0 Å². The number of furan rings is 1. The van der Waals surface area contributed by atoms with Crippen LogP contribution in [0.5, 0.6) is 0 Å². The summed E-state index contributed by atoms with van der Waals surface area (Å²) >= 11 is 0. The summed E-state index contributed by atoms with van der Waals surface area (Å²) in [6, 6.07) is 26.8. The summed E-state index contributed by atoms with van der Waals surface area (Å²) in [7, 11) is 0. The van der Waals surface area contributed by atoms with Crippen molar-refractivity contribution < 1.29 is 13.6 Å². The number of amides is 1. The molecule has 0 bridgehead atoms. The summed E-state index contributed by atoms with van der Waals surface area (Å²) < 4.78 is 11.6. The molecule has 2 aromatic heterocycles. The van der Waals surface area contributed by atoms with Gasteiger partial charge in [0.05, 0.1) is 0 Å². The second-order valence-corrected chi connectivity index (χ2v) is 7.46. The van der Waals surface area contributed by atoms with Crippen LogP contribution in [-0.2, 0) is 4.79 Å². The van der Waals surface area contributed by atoms with Crippen molar-refractivity contribution in [1.29, 1.82) is 0 Å². The van der Waals surface area contributed by atoms with Gasteiger partial charge in [-0.1, -0.05) is 36.4 Å². The van der Waals surface area contributed by atoms with Gasteiger partial charge in [0.25, 0.3) is 0 Å². The Morgan fingerprint density at radius 3 is 2.50 bits per heavy atom. The fraction of sp³-hybridized carbons (Fsp3) is 0.0370. The van der Waals surface area contributed by atoms with Gasteiger partial charge in [-0.3, -0.25) is 4.79 Å². The molecule has 1 amide bonds. The number of aromatic nitrogens is 1. The molecular weight excluding hydrogens is 400 g/mol. The van der Waals surface area contributed by atoms with Gasteiger partial charge in [-0.25, -0.2) is 4.98 Å². The van der Waals surface area contributed by atoms with Crippen molar-refractivity contribution in [2.75, 3.05) is 5.32 Å². The molecule has 0 unspecified atom stereocenters. The van der Waals surface area contributed by atoms with Gasteiger partial charge in [-0.2, -0.15) is 0 Å².